The molecule has 3 nitrogen and oxygen atoms in total. The quantitative estimate of drug-likeness (QED) is 0.701. The molecule has 0 spiro atoms. The van der Waals surface area contributed by atoms with Crippen molar-refractivity contribution in [1.29, 1.82) is 0 Å². The first-order chi connectivity index (χ1) is 8.38. The van der Waals surface area contributed by atoms with E-state index in [0.29, 0.717) is 0 Å². The molecule has 0 saturated carbocycles. The summed E-state index contributed by atoms with van der Waals surface area (Å²) in [6.07, 6.45) is 0.684. The number of hydrogen-bond acceptors (Lipinski definition) is 2. The van der Waals surface area contributed by atoms with E-state index in [9.17, 15) is 4.79 Å². The van der Waals surface area contributed by atoms with Crippen molar-refractivity contribution in [2.75, 3.05) is 6.54 Å². The van der Waals surface area contributed by atoms with Crippen molar-refractivity contribution in [2.24, 2.45) is 0 Å². The first kappa shape index (κ1) is 12.9. The summed E-state index contributed by atoms with van der Waals surface area (Å²) in [5, 5.41) is 0. The number of ether oxygens (including phenoxy) is 1. The van der Waals surface area contributed by atoms with Crippen molar-refractivity contribution in [3.05, 3.63) is 35.4 Å². The van der Waals surface area contributed by atoms with Crippen LogP contribution in [0.15, 0.2) is 24.3 Å². The fraction of sp³-hybridized carbons (Fsp3) is 0.533. The SMILES string of the molecule is C[C@H]1c2ccccc2CCN1C(=O)OC(C)(C)C. The summed E-state index contributed by atoms with van der Waals surface area (Å²) < 4.78 is 5.45. The van der Waals surface area contributed by atoms with Crippen LogP contribution in [0.1, 0.15) is 44.9 Å². The lowest BCUT2D eigenvalue weighted by Gasteiger charge is -2.36. The molecule has 3 heteroatoms. The van der Waals surface area contributed by atoms with Gasteiger partial charge >= 0.3 is 6.09 Å². The van der Waals surface area contributed by atoms with Gasteiger partial charge in [0.2, 0.25) is 0 Å². The van der Waals surface area contributed by atoms with Gasteiger partial charge in [0.05, 0.1) is 6.04 Å². The summed E-state index contributed by atoms with van der Waals surface area (Å²) in [7, 11) is 0. The Morgan fingerprint density at radius 2 is 2.00 bits per heavy atom. The second-order valence-corrected chi connectivity index (χ2v) is 5.80. The zero-order chi connectivity index (χ0) is 13.3. The molecule has 0 aromatic heterocycles. The zero-order valence-corrected chi connectivity index (χ0v) is 11.6. The number of hydrogen-bond donors (Lipinski definition) is 0. The maximum absolute atomic E-state index is 12.1. The predicted molar refractivity (Wildman–Crippen MR) is 71.5 cm³/mol. The number of nitrogens with zero attached hydrogens (tertiary/aromatic N) is 1. The highest BCUT2D eigenvalue weighted by Crippen LogP contribution is 2.30. The third-order valence-corrected chi connectivity index (χ3v) is 3.22. The maximum atomic E-state index is 12.1. The van der Waals surface area contributed by atoms with Crippen molar-refractivity contribution in [1.82, 2.24) is 4.90 Å². The fourth-order valence-corrected chi connectivity index (χ4v) is 2.34. The van der Waals surface area contributed by atoms with Crippen molar-refractivity contribution < 1.29 is 9.53 Å². The minimum absolute atomic E-state index is 0.0878. The van der Waals surface area contributed by atoms with Crippen LogP contribution in [0, 0.1) is 0 Å². The Hall–Kier alpha value is -1.51. The van der Waals surface area contributed by atoms with E-state index in [2.05, 4.69) is 25.1 Å². The minimum atomic E-state index is -0.437. The van der Waals surface area contributed by atoms with Crippen molar-refractivity contribution in [2.45, 2.75) is 45.8 Å². The molecule has 1 aromatic rings. The van der Waals surface area contributed by atoms with Crippen LogP contribution in [0.3, 0.4) is 0 Å². The molecule has 0 radical (unpaired) electrons. The average molecular weight is 247 g/mol. The topological polar surface area (TPSA) is 29.5 Å². The highest BCUT2D eigenvalue weighted by molar-refractivity contribution is 5.69. The molecular formula is C15H21NO2. The van der Waals surface area contributed by atoms with Crippen LogP contribution in [0.25, 0.3) is 0 Å². The number of benzene rings is 1. The van der Waals surface area contributed by atoms with E-state index in [1.807, 2.05) is 31.7 Å². The summed E-state index contributed by atoms with van der Waals surface area (Å²) in [5.74, 6) is 0. The molecule has 0 saturated heterocycles. The molecule has 1 atom stereocenters. The van der Waals surface area contributed by atoms with Gasteiger partial charge in [0, 0.05) is 6.54 Å². The standard InChI is InChI=1S/C15H21NO2/c1-11-13-8-6-5-7-12(13)9-10-16(11)14(17)18-15(2,3)4/h5-8,11H,9-10H2,1-4H3/t11-/m0/s1. The van der Waals surface area contributed by atoms with Gasteiger partial charge in [-0.05, 0) is 45.2 Å². The predicted octanol–water partition coefficient (Wildman–Crippen LogP) is 3.54. The summed E-state index contributed by atoms with van der Waals surface area (Å²) in [6, 6.07) is 8.39. The monoisotopic (exact) mass is 247 g/mol. The molecule has 0 unspecified atom stereocenters. The molecule has 18 heavy (non-hydrogen) atoms. The van der Waals surface area contributed by atoms with Gasteiger partial charge < -0.3 is 9.64 Å². The zero-order valence-electron chi connectivity index (χ0n) is 11.6. The van der Waals surface area contributed by atoms with E-state index in [1.54, 1.807) is 0 Å². The number of fused-ring (bicyclic) bond motifs is 1. The summed E-state index contributed by atoms with van der Waals surface area (Å²) in [4.78, 5) is 14.0. The van der Waals surface area contributed by atoms with Gasteiger partial charge in [-0.15, -0.1) is 0 Å². The smallest absolute Gasteiger partial charge is 0.410 e. The van der Waals surface area contributed by atoms with Gasteiger partial charge in [-0.2, -0.15) is 0 Å². The molecule has 1 amide bonds. The van der Waals surface area contributed by atoms with E-state index < -0.39 is 5.60 Å². The van der Waals surface area contributed by atoms with E-state index >= 15 is 0 Å². The maximum Gasteiger partial charge on any atom is 0.410 e. The molecule has 1 aromatic carbocycles. The Balaban J connectivity index is 2.17. The molecule has 1 heterocycles. The molecule has 0 fully saturated rings. The first-order valence-electron chi connectivity index (χ1n) is 6.46. The summed E-state index contributed by atoms with van der Waals surface area (Å²) in [6.45, 7) is 8.48. The van der Waals surface area contributed by atoms with E-state index in [-0.39, 0.29) is 12.1 Å². The Labute approximate surface area is 109 Å². The highest BCUT2D eigenvalue weighted by atomic mass is 16.6. The normalized spacial score (nSPS) is 19.3. The van der Waals surface area contributed by atoms with Gasteiger partial charge in [-0.25, -0.2) is 4.79 Å². The van der Waals surface area contributed by atoms with Crippen LogP contribution in [-0.2, 0) is 11.2 Å². The first-order valence-corrected chi connectivity index (χ1v) is 6.46. The number of carbonyl (C=O) groups is 1. The molecule has 98 valence electrons. The van der Waals surface area contributed by atoms with E-state index in [0.717, 1.165) is 13.0 Å². The van der Waals surface area contributed by atoms with Gasteiger partial charge in [0.1, 0.15) is 5.60 Å². The van der Waals surface area contributed by atoms with Crippen LogP contribution in [-0.4, -0.2) is 23.1 Å². The number of rotatable bonds is 0. The molecule has 1 aliphatic heterocycles. The average Bonchev–Trinajstić information content (AvgIpc) is 2.27. The largest absolute Gasteiger partial charge is 0.444 e. The molecular weight excluding hydrogens is 226 g/mol. The van der Waals surface area contributed by atoms with E-state index in [4.69, 9.17) is 4.74 Å². The van der Waals surface area contributed by atoms with Crippen LogP contribution >= 0.6 is 0 Å². The molecule has 0 aliphatic carbocycles. The Bertz CT molecular complexity index is 448. The molecule has 0 N–H and O–H groups in total. The Morgan fingerprint density at radius 3 is 2.67 bits per heavy atom. The van der Waals surface area contributed by atoms with Gasteiger partial charge in [-0.3, -0.25) is 0 Å². The van der Waals surface area contributed by atoms with E-state index in [1.165, 1.54) is 11.1 Å². The van der Waals surface area contributed by atoms with Crippen molar-refractivity contribution >= 4 is 6.09 Å². The van der Waals surface area contributed by atoms with Crippen molar-refractivity contribution in [3.63, 3.8) is 0 Å². The lowest BCUT2D eigenvalue weighted by Crippen LogP contribution is -2.42. The van der Waals surface area contributed by atoms with Crippen LogP contribution in [0.5, 0.6) is 0 Å². The van der Waals surface area contributed by atoms with Gasteiger partial charge in [0.25, 0.3) is 0 Å². The lowest BCUT2D eigenvalue weighted by molar-refractivity contribution is 0.0160. The van der Waals surface area contributed by atoms with Crippen molar-refractivity contribution in [3.8, 4) is 0 Å². The third kappa shape index (κ3) is 2.66. The molecule has 1 aliphatic rings. The second kappa shape index (κ2) is 4.63. The fourth-order valence-electron chi connectivity index (χ4n) is 2.34. The Kier molecular flexibility index (Phi) is 3.33. The second-order valence-electron chi connectivity index (χ2n) is 5.80. The van der Waals surface area contributed by atoms with Crippen LogP contribution in [0.4, 0.5) is 4.79 Å². The summed E-state index contributed by atoms with van der Waals surface area (Å²) in [5.41, 5.74) is 2.13. The van der Waals surface area contributed by atoms with Crippen LogP contribution in [0.2, 0.25) is 0 Å². The summed E-state index contributed by atoms with van der Waals surface area (Å²) >= 11 is 0. The molecule has 0 bridgehead atoms. The Morgan fingerprint density at radius 1 is 1.33 bits per heavy atom. The molecule has 2 rings (SSSR count). The number of amides is 1. The highest BCUT2D eigenvalue weighted by Gasteiger charge is 2.30. The van der Waals surface area contributed by atoms with Crippen LogP contribution < -0.4 is 0 Å². The van der Waals surface area contributed by atoms with Gasteiger partial charge in [0.15, 0.2) is 0 Å². The third-order valence-electron chi connectivity index (χ3n) is 3.22. The van der Waals surface area contributed by atoms with Gasteiger partial charge in [-0.1, -0.05) is 24.3 Å². The minimum Gasteiger partial charge on any atom is -0.444 e. The number of carbonyl (C=O) groups excluding carboxylic acids is 1. The lowest BCUT2D eigenvalue weighted by atomic mass is 9.94.